The van der Waals surface area contributed by atoms with E-state index in [2.05, 4.69) is 20.1 Å². The van der Waals surface area contributed by atoms with Crippen LogP contribution in [-0.2, 0) is 13.1 Å². The zero-order chi connectivity index (χ0) is 19.6. The number of hydrogen-bond donors (Lipinski definition) is 0. The molecule has 0 amide bonds. The first-order valence-corrected chi connectivity index (χ1v) is 10.4. The van der Waals surface area contributed by atoms with Crippen LogP contribution in [0.5, 0.6) is 0 Å². The van der Waals surface area contributed by atoms with E-state index in [1.165, 1.54) is 18.4 Å². The number of pyridine rings is 1. The Balaban J connectivity index is 1.21. The van der Waals surface area contributed by atoms with Gasteiger partial charge in [-0.3, -0.25) is 14.7 Å². The Morgan fingerprint density at radius 3 is 2.59 bits per heavy atom. The molecule has 2 fully saturated rings. The van der Waals surface area contributed by atoms with Gasteiger partial charge in [-0.2, -0.15) is 5.10 Å². The molecule has 0 unspecified atom stereocenters. The molecule has 0 radical (unpaired) electrons. The van der Waals surface area contributed by atoms with Crippen molar-refractivity contribution in [3.05, 3.63) is 64.5 Å². The summed E-state index contributed by atoms with van der Waals surface area (Å²) in [6, 6.07) is 7.23. The van der Waals surface area contributed by atoms with E-state index in [0.717, 1.165) is 49.5 Å². The Labute approximate surface area is 169 Å². The summed E-state index contributed by atoms with van der Waals surface area (Å²) in [5.41, 5.74) is 2.99. The largest absolute Gasteiger partial charge is 0.361 e. The number of hydrogen-bond acceptors (Lipinski definition) is 6. The average molecular weight is 391 g/mol. The van der Waals surface area contributed by atoms with Crippen molar-refractivity contribution in [1.82, 2.24) is 24.8 Å². The van der Waals surface area contributed by atoms with E-state index in [1.807, 2.05) is 18.3 Å². The molecule has 0 atom stereocenters. The second-order valence-corrected chi connectivity index (χ2v) is 8.18. The van der Waals surface area contributed by atoms with Crippen molar-refractivity contribution >= 4 is 0 Å². The third-order valence-corrected chi connectivity index (χ3v) is 6.00. The van der Waals surface area contributed by atoms with Crippen LogP contribution in [0.3, 0.4) is 0 Å². The molecular formula is C22H25N5O2. The summed E-state index contributed by atoms with van der Waals surface area (Å²) in [7, 11) is 0. The fourth-order valence-corrected chi connectivity index (χ4v) is 4.14. The molecule has 3 aromatic heterocycles. The molecule has 0 aromatic carbocycles. The second kappa shape index (κ2) is 7.91. The van der Waals surface area contributed by atoms with Gasteiger partial charge in [0, 0.05) is 48.6 Å². The molecule has 1 aliphatic heterocycles. The normalized spacial score (nSPS) is 18.2. The minimum atomic E-state index is -0.0382. The fraction of sp³-hybridized carbons (Fsp3) is 0.455. The highest BCUT2D eigenvalue weighted by Gasteiger charge is 2.31. The van der Waals surface area contributed by atoms with Crippen LogP contribution in [0.1, 0.15) is 42.9 Å². The molecule has 0 N–H and O–H groups in total. The van der Waals surface area contributed by atoms with Crippen LogP contribution in [-0.4, -0.2) is 37.9 Å². The van der Waals surface area contributed by atoms with Gasteiger partial charge in [0.1, 0.15) is 5.76 Å². The molecule has 0 spiro atoms. The summed E-state index contributed by atoms with van der Waals surface area (Å²) < 4.78 is 7.09. The second-order valence-electron chi connectivity index (χ2n) is 8.18. The predicted octanol–water partition coefficient (Wildman–Crippen LogP) is 3.08. The van der Waals surface area contributed by atoms with Crippen LogP contribution in [0.4, 0.5) is 0 Å². The molecule has 1 saturated heterocycles. The first-order valence-electron chi connectivity index (χ1n) is 10.4. The van der Waals surface area contributed by atoms with Crippen molar-refractivity contribution in [1.29, 1.82) is 0 Å². The molecule has 0 bridgehead atoms. The van der Waals surface area contributed by atoms with E-state index >= 15 is 0 Å². The third-order valence-electron chi connectivity index (χ3n) is 6.00. The molecule has 7 heteroatoms. The van der Waals surface area contributed by atoms with Crippen LogP contribution in [0.15, 0.2) is 52.2 Å². The van der Waals surface area contributed by atoms with E-state index in [9.17, 15) is 4.79 Å². The zero-order valence-corrected chi connectivity index (χ0v) is 16.4. The highest BCUT2D eigenvalue weighted by Crippen LogP contribution is 2.42. The Bertz CT molecular complexity index is 1020. The number of rotatable bonds is 6. The van der Waals surface area contributed by atoms with Gasteiger partial charge >= 0.3 is 0 Å². The monoisotopic (exact) mass is 391 g/mol. The Morgan fingerprint density at radius 2 is 1.83 bits per heavy atom. The molecular weight excluding hydrogens is 366 g/mol. The van der Waals surface area contributed by atoms with Crippen molar-refractivity contribution in [2.24, 2.45) is 5.92 Å². The number of likely N-dealkylation sites (tertiary alicyclic amines) is 1. The van der Waals surface area contributed by atoms with Gasteiger partial charge in [0.25, 0.3) is 5.56 Å². The van der Waals surface area contributed by atoms with Gasteiger partial charge in [-0.1, -0.05) is 5.16 Å². The van der Waals surface area contributed by atoms with Gasteiger partial charge in [0.05, 0.1) is 11.9 Å². The van der Waals surface area contributed by atoms with Crippen molar-refractivity contribution in [2.45, 2.75) is 44.7 Å². The lowest BCUT2D eigenvalue weighted by molar-refractivity contribution is 0.162. The molecule has 29 heavy (non-hydrogen) atoms. The maximum absolute atomic E-state index is 12.3. The first kappa shape index (κ1) is 18.2. The van der Waals surface area contributed by atoms with Gasteiger partial charge in [-0.15, -0.1) is 0 Å². The van der Waals surface area contributed by atoms with Crippen LogP contribution in [0.2, 0.25) is 0 Å². The van der Waals surface area contributed by atoms with Crippen molar-refractivity contribution in [3.8, 4) is 11.3 Å². The quantitative estimate of drug-likeness (QED) is 0.643. The number of nitrogens with zero attached hydrogens (tertiary/aromatic N) is 5. The van der Waals surface area contributed by atoms with Gasteiger partial charge in [0.2, 0.25) is 0 Å². The summed E-state index contributed by atoms with van der Waals surface area (Å²) in [5, 5.41) is 8.61. The van der Waals surface area contributed by atoms with Gasteiger partial charge in [0.15, 0.2) is 0 Å². The highest BCUT2D eigenvalue weighted by molar-refractivity contribution is 5.56. The lowest BCUT2D eigenvalue weighted by atomic mass is 9.96. The average Bonchev–Trinajstić information content (AvgIpc) is 3.50. The topological polar surface area (TPSA) is 77.1 Å². The summed E-state index contributed by atoms with van der Waals surface area (Å²) in [6.07, 6.45) is 9.96. The predicted molar refractivity (Wildman–Crippen MR) is 108 cm³/mol. The van der Waals surface area contributed by atoms with Gasteiger partial charge < -0.3 is 4.52 Å². The van der Waals surface area contributed by atoms with E-state index in [-0.39, 0.29) is 5.56 Å². The smallest absolute Gasteiger partial charge is 0.266 e. The standard InChI is InChI=1S/C22H25N5O2/c28-21-4-3-20(17-5-9-23-10-6-17)25-27(21)14-16-7-11-26(12-8-16)15-19-13-24-29-22(19)18-1-2-18/h3-6,9-10,13,16,18H,1-2,7-8,11-12,14-15H2. The minimum absolute atomic E-state index is 0.0382. The van der Waals surface area contributed by atoms with Crippen LogP contribution in [0, 0.1) is 5.92 Å². The molecule has 5 rings (SSSR count). The lowest BCUT2D eigenvalue weighted by Crippen LogP contribution is -2.36. The third kappa shape index (κ3) is 4.15. The SMILES string of the molecule is O=c1ccc(-c2ccncc2)nn1CC1CCN(Cc2cnoc2C2CC2)CC1. The summed E-state index contributed by atoms with van der Waals surface area (Å²) in [5.74, 6) is 2.15. The van der Waals surface area contributed by atoms with E-state index in [0.29, 0.717) is 18.4 Å². The van der Waals surface area contributed by atoms with E-state index < -0.39 is 0 Å². The molecule has 1 aliphatic carbocycles. The highest BCUT2D eigenvalue weighted by atomic mass is 16.5. The molecule has 150 valence electrons. The lowest BCUT2D eigenvalue weighted by Gasteiger charge is -2.31. The van der Waals surface area contributed by atoms with Crippen molar-refractivity contribution < 1.29 is 4.52 Å². The van der Waals surface area contributed by atoms with Crippen LogP contribution in [0.25, 0.3) is 11.3 Å². The minimum Gasteiger partial charge on any atom is -0.361 e. The van der Waals surface area contributed by atoms with E-state index in [4.69, 9.17) is 4.52 Å². The van der Waals surface area contributed by atoms with Crippen molar-refractivity contribution in [3.63, 3.8) is 0 Å². The van der Waals surface area contributed by atoms with Gasteiger partial charge in [-0.25, -0.2) is 4.68 Å². The van der Waals surface area contributed by atoms with E-state index in [1.54, 1.807) is 29.2 Å². The summed E-state index contributed by atoms with van der Waals surface area (Å²) >= 11 is 0. The number of aromatic nitrogens is 4. The van der Waals surface area contributed by atoms with Crippen LogP contribution < -0.4 is 5.56 Å². The van der Waals surface area contributed by atoms with Crippen molar-refractivity contribution in [2.75, 3.05) is 13.1 Å². The molecule has 7 nitrogen and oxygen atoms in total. The molecule has 2 aliphatic rings. The van der Waals surface area contributed by atoms with Gasteiger partial charge in [-0.05, 0) is 62.9 Å². The van der Waals surface area contributed by atoms with Crippen LogP contribution >= 0.6 is 0 Å². The molecule has 3 aromatic rings. The Morgan fingerprint density at radius 1 is 1.03 bits per heavy atom. The Kier molecular flexibility index (Phi) is 4.97. The fourth-order valence-electron chi connectivity index (χ4n) is 4.14. The maximum atomic E-state index is 12.3. The summed E-state index contributed by atoms with van der Waals surface area (Å²) in [6.45, 7) is 3.64. The Hall–Kier alpha value is -2.80. The molecule has 1 saturated carbocycles. The summed E-state index contributed by atoms with van der Waals surface area (Å²) in [4.78, 5) is 18.8. The first-order chi connectivity index (χ1) is 14.3. The molecule has 4 heterocycles. The number of piperidine rings is 1. The maximum Gasteiger partial charge on any atom is 0.266 e. The zero-order valence-electron chi connectivity index (χ0n) is 16.4.